The minimum absolute atomic E-state index is 0.316. The maximum absolute atomic E-state index is 12.5. The van der Waals surface area contributed by atoms with Crippen molar-refractivity contribution in [1.29, 1.82) is 0 Å². The van der Waals surface area contributed by atoms with Gasteiger partial charge in [-0.25, -0.2) is 5.48 Å². The smallest absolute Gasteiger partial charge is 0.252 e. The quantitative estimate of drug-likeness (QED) is 0.564. The van der Waals surface area contributed by atoms with Crippen LogP contribution in [-0.4, -0.2) is 12.5 Å². The van der Waals surface area contributed by atoms with Gasteiger partial charge < -0.3 is 0 Å². The third-order valence-corrected chi connectivity index (χ3v) is 4.32. The van der Waals surface area contributed by atoms with Gasteiger partial charge in [0.1, 0.15) is 0 Å². The van der Waals surface area contributed by atoms with Crippen LogP contribution in [0.5, 0.6) is 0 Å². The Bertz CT molecular complexity index is 644. The van der Waals surface area contributed by atoms with Gasteiger partial charge in [0.25, 0.3) is 5.91 Å². The van der Waals surface area contributed by atoms with Crippen molar-refractivity contribution in [2.75, 3.05) is 6.61 Å². The summed E-state index contributed by atoms with van der Waals surface area (Å²) in [4.78, 5) is 17.5. The number of nitrogens with one attached hydrogen (secondary N) is 1. The molecule has 2 aromatic rings. The van der Waals surface area contributed by atoms with Gasteiger partial charge in [0, 0.05) is 10.0 Å². The maximum atomic E-state index is 12.5. The molecule has 0 aromatic heterocycles. The first-order valence-electron chi connectivity index (χ1n) is 7.09. The van der Waals surface area contributed by atoms with Crippen LogP contribution < -0.4 is 5.48 Å². The molecule has 0 aliphatic heterocycles. The molecule has 0 spiro atoms. The van der Waals surface area contributed by atoms with Crippen molar-refractivity contribution in [3.8, 4) is 0 Å². The zero-order valence-corrected chi connectivity index (χ0v) is 14.7. The summed E-state index contributed by atoms with van der Waals surface area (Å²) in [7, 11) is 0. The Kier molecular flexibility index (Phi) is 6.72. The lowest BCUT2D eigenvalue weighted by molar-refractivity contribution is -0.134. The Morgan fingerprint density at radius 2 is 1.48 bits per heavy atom. The molecule has 2 atom stereocenters. The van der Waals surface area contributed by atoms with Gasteiger partial charge in [0.15, 0.2) is 0 Å². The molecule has 6 heteroatoms. The minimum Gasteiger partial charge on any atom is -0.274 e. The van der Waals surface area contributed by atoms with Gasteiger partial charge >= 0.3 is 0 Å². The van der Waals surface area contributed by atoms with E-state index in [1.54, 1.807) is 55.5 Å². The lowest BCUT2D eigenvalue weighted by Gasteiger charge is -2.22. The summed E-state index contributed by atoms with van der Waals surface area (Å²) >= 11 is 18.4. The highest BCUT2D eigenvalue weighted by atomic mass is 35.5. The molecule has 0 aliphatic rings. The maximum Gasteiger partial charge on any atom is 0.252 e. The average Bonchev–Trinajstić information content (AvgIpc) is 2.55. The average molecular weight is 373 g/mol. The van der Waals surface area contributed by atoms with E-state index in [4.69, 9.17) is 39.6 Å². The fourth-order valence-corrected chi connectivity index (χ4v) is 2.83. The lowest BCUT2D eigenvalue weighted by atomic mass is 9.91. The Morgan fingerprint density at radius 3 is 1.96 bits per heavy atom. The number of alkyl halides is 1. The molecule has 23 heavy (non-hydrogen) atoms. The number of hydrogen-bond donors (Lipinski definition) is 1. The Balaban J connectivity index is 2.33. The molecule has 1 N–H and O–H groups in total. The first-order chi connectivity index (χ1) is 11.0. The standard InChI is InChI=1S/C17H16Cl3NO2/c1-2-23-21-17(22)15(11-3-7-13(18)8-4-11)16(20)12-5-9-14(19)10-6-12/h3-10,15-16H,2H2,1H3,(H,21,22). The summed E-state index contributed by atoms with van der Waals surface area (Å²) in [6, 6.07) is 14.1. The van der Waals surface area contributed by atoms with Gasteiger partial charge in [-0.05, 0) is 42.3 Å². The van der Waals surface area contributed by atoms with E-state index in [0.717, 1.165) is 11.1 Å². The van der Waals surface area contributed by atoms with E-state index in [1.807, 2.05) is 0 Å². The van der Waals surface area contributed by atoms with Crippen molar-refractivity contribution < 1.29 is 9.63 Å². The third kappa shape index (κ3) is 4.85. The van der Waals surface area contributed by atoms with Crippen LogP contribution in [0.3, 0.4) is 0 Å². The van der Waals surface area contributed by atoms with Crippen molar-refractivity contribution >= 4 is 40.7 Å². The van der Waals surface area contributed by atoms with Gasteiger partial charge in [-0.3, -0.25) is 9.63 Å². The second-order valence-electron chi connectivity index (χ2n) is 4.88. The summed E-state index contributed by atoms with van der Waals surface area (Å²) in [5.74, 6) is -0.939. The SMILES string of the molecule is CCONC(=O)C(c1ccc(Cl)cc1)C(Cl)c1ccc(Cl)cc1. The number of hydroxylamine groups is 1. The van der Waals surface area contributed by atoms with E-state index >= 15 is 0 Å². The van der Waals surface area contributed by atoms with Gasteiger partial charge in [-0.1, -0.05) is 47.5 Å². The molecule has 2 unspecified atom stereocenters. The Hall–Kier alpha value is -1.26. The summed E-state index contributed by atoms with van der Waals surface area (Å²) < 4.78 is 0. The van der Waals surface area contributed by atoms with Crippen molar-refractivity contribution in [1.82, 2.24) is 5.48 Å². The van der Waals surface area contributed by atoms with E-state index in [2.05, 4.69) is 5.48 Å². The first-order valence-corrected chi connectivity index (χ1v) is 8.28. The van der Waals surface area contributed by atoms with Gasteiger partial charge in [-0.15, -0.1) is 11.6 Å². The van der Waals surface area contributed by atoms with E-state index in [-0.39, 0.29) is 5.91 Å². The molecule has 3 nitrogen and oxygen atoms in total. The Morgan fingerprint density at radius 1 is 1.00 bits per heavy atom. The van der Waals surface area contributed by atoms with Crippen LogP contribution in [0.4, 0.5) is 0 Å². The summed E-state index contributed by atoms with van der Waals surface area (Å²) in [6.07, 6.45) is 0. The Labute approximate surface area is 150 Å². The molecule has 0 heterocycles. The van der Waals surface area contributed by atoms with E-state index in [0.29, 0.717) is 16.7 Å². The first kappa shape index (κ1) is 18.1. The van der Waals surface area contributed by atoms with Crippen molar-refractivity contribution in [2.45, 2.75) is 18.2 Å². The highest BCUT2D eigenvalue weighted by Gasteiger charge is 2.30. The van der Waals surface area contributed by atoms with Crippen LogP contribution in [-0.2, 0) is 9.63 Å². The molecule has 0 bridgehead atoms. The van der Waals surface area contributed by atoms with E-state index in [1.165, 1.54) is 0 Å². The third-order valence-electron chi connectivity index (χ3n) is 3.31. The topological polar surface area (TPSA) is 38.3 Å². The van der Waals surface area contributed by atoms with Crippen LogP contribution in [0.15, 0.2) is 48.5 Å². The molecule has 0 radical (unpaired) electrons. The van der Waals surface area contributed by atoms with Crippen LogP contribution in [0.1, 0.15) is 29.3 Å². The summed E-state index contributed by atoms with van der Waals surface area (Å²) in [5.41, 5.74) is 3.97. The molecular formula is C17H16Cl3NO2. The number of benzene rings is 2. The zero-order chi connectivity index (χ0) is 16.8. The molecule has 0 fully saturated rings. The predicted molar refractivity (Wildman–Crippen MR) is 94.0 cm³/mol. The normalized spacial score (nSPS) is 13.4. The van der Waals surface area contributed by atoms with Crippen molar-refractivity contribution in [3.05, 3.63) is 69.7 Å². The van der Waals surface area contributed by atoms with Crippen LogP contribution >= 0.6 is 34.8 Å². The molecule has 2 rings (SSSR count). The summed E-state index contributed by atoms with van der Waals surface area (Å²) in [6.45, 7) is 2.15. The lowest BCUT2D eigenvalue weighted by Crippen LogP contribution is -2.31. The van der Waals surface area contributed by atoms with E-state index in [9.17, 15) is 4.79 Å². The zero-order valence-electron chi connectivity index (χ0n) is 12.4. The van der Waals surface area contributed by atoms with Crippen LogP contribution in [0.25, 0.3) is 0 Å². The highest BCUT2D eigenvalue weighted by Crippen LogP contribution is 2.37. The summed E-state index contributed by atoms with van der Waals surface area (Å²) in [5, 5.41) is 0.628. The van der Waals surface area contributed by atoms with Crippen LogP contribution in [0, 0.1) is 0 Å². The molecule has 2 aromatic carbocycles. The number of carbonyl (C=O) groups is 1. The van der Waals surface area contributed by atoms with Crippen LogP contribution in [0.2, 0.25) is 10.0 Å². The minimum atomic E-state index is -0.623. The largest absolute Gasteiger partial charge is 0.274 e. The second-order valence-corrected chi connectivity index (χ2v) is 6.22. The molecule has 0 aliphatic carbocycles. The molecule has 0 saturated heterocycles. The molecule has 122 valence electrons. The van der Waals surface area contributed by atoms with Gasteiger partial charge in [0.2, 0.25) is 0 Å². The highest BCUT2D eigenvalue weighted by molar-refractivity contribution is 6.31. The van der Waals surface area contributed by atoms with Gasteiger partial charge in [0.05, 0.1) is 17.9 Å². The van der Waals surface area contributed by atoms with Crippen molar-refractivity contribution in [3.63, 3.8) is 0 Å². The number of rotatable bonds is 6. The number of amides is 1. The number of halogens is 3. The molecule has 0 saturated carbocycles. The molecule has 1 amide bonds. The predicted octanol–water partition coefficient (Wildman–Crippen LogP) is 5.12. The fourth-order valence-electron chi connectivity index (χ4n) is 2.17. The number of hydrogen-bond acceptors (Lipinski definition) is 2. The fraction of sp³-hybridized carbons (Fsp3) is 0.235. The van der Waals surface area contributed by atoms with Crippen molar-refractivity contribution in [2.24, 2.45) is 0 Å². The van der Waals surface area contributed by atoms with E-state index < -0.39 is 11.3 Å². The van der Waals surface area contributed by atoms with Gasteiger partial charge in [-0.2, -0.15) is 0 Å². The number of carbonyl (C=O) groups excluding carboxylic acids is 1. The molecular weight excluding hydrogens is 357 g/mol. The second kappa shape index (κ2) is 8.55. The monoisotopic (exact) mass is 371 g/mol.